The Hall–Kier alpha value is -1.81. The number of nitrogens with zero attached hydrogens (tertiary/aromatic N) is 2. The molecule has 0 aliphatic carbocycles. The first kappa shape index (κ1) is 14.6. The number of nitrogens with one attached hydrogen (secondary N) is 1. The lowest BCUT2D eigenvalue weighted by molar-refractivity contribution is 0.0950. The summed E-state index contributed by atoms with van der Waals surface area (Å²) in [5, 5.41) is 3.24. The molecule has 0 saturated heterocycles. The van der Waals surface area contributed by atoms with E-state index in [9.17, 15) is 4.79 Å². The van der Waals surface area contributed by atoms with E-state index in [0.29, 0.717) is 17.3 Å². The van der Waals surface area contributed by atoms with E-state index in [1.807, 2.05) is 43.8 Å². The monoisotopic (exact) mass is 291 g/mol. The molecule has 1 N–H and O–H groups in total. The van der Waals surface area contributed by atoms with E-state index >= 15 is 0 Å². The van der Waals surface area contributed by atoms with E-state index in [2.05, 4.69) is 10.3 Å². The molecular weight excluding hydrogens is 274 g/mol. The number of hydrogen-bond acceptors (Lipinski definition) is 2. The van der Waals surface area contributed by atoms with Gasteiger partial charge in [0, 0.05) is 30.2 Å². The SMILES string of the molecule is CC(C)c1cc(C(=O)NCc2cccn2C)cc(Cl)n1. The molecule has 106 valence electrons. The minimum atomic E-state index is -0.141. The van der Waals surface area contributed by atoms with Crippen molar-refractivity contribution < 1.29 is 4.79 Å². The number of aromatic nitrogens is 2. The molecule has 4 nitrogen and oxygen atoms in total. The molecule has 0 unspecified atom stereocenters. The molecule has 2 aromatic heterocycles. The first-order valence-electron chi connectivity index (χ1n) is 6.53. The summed E-state index contributed by atoms with van der Waals surface area (Å²) >= 11 is 5.97. The van der Waals surface area contributed by atoms with Gasteiger partial charge in [-0.15, -0.1) is 0 Å². The smallest absolute Gasteiger partial charge is 0.251 e. The first-order chi connectivity index (χ1) is 9.47. The molecule has 0 saturated carbocycles. The van der Waals surface area contributed by atoms with Crippen LogP contribution in [0.25, 0.3) is 0 Å². The average Bonchev–Trinajstić information content (AvgIpc) is 2.80. The van der Waals surface area contributed by atoms with E-state index in [-0.39, 0.29) is 11.8 Å². The first-order valence-corrected chi connectivity index (χ1v) is 6.91. The fourth-order valence-electron chi connectivity index (χ4n) is 1.90. The van der Waals surface area contributed by atoms with Crippen molar-refractivity contribution in [2.24, 2.45) is 7.05 Å². The number of rotatable bonds is 4. The summed E-state index contributed by atoms with van der Waals surface area (Å²) < 4.78 is 1.97. The fourth-order valence-corrected chi connectivity index (χ4v) is 2.11. The van der Waals surface area contributed by atoms with Crippen LogP contribution < -0.4 is 5.32 Å². The van der Waals surface area contributed by atoms with Crippen molar-refractivity contribution in [3.05, 3.63) is 52.6 Å². The highest BCUT2D eigenvalue weighted by Crippen LogP contribution is 2.17. The summed E-state index contributed by atoms with van der Waals surface area (Å²) in [7, 11) is 1.95. The topological polar surface area (TPSA) is 46.9 Å². The molecule has 0 fully saturated rings. The summed E-state index contributed by atoms with van der Waals surface area (Å²) in [4.78, 5) is 16.4. The molecule has 2 heterocycles. The second kappa shape index (κ2) is 6.09. The van der Waals surface area contributed by atoms with Gasteiger partial charge in [-0.1, -0.05) is 25.4 Å². The maximum Gasteiger partial charge on any atom is 0.251 e. The van der Waals surface area contributed by atoms with Gasteiger partial charge in [-0.05, 0) is 30.2 Å². The van der Waals surface area contributed by atoms with Crippen LogP contribution in [0.15, 0.2) is 30.5 Å². The minimum Gasteiger partial charge on any atom is -0.353 e. The van der Waals surface area contributed by atoms with Gasteiger partial charge in [0.25, 0.3) is 5.91 Å². The summed E-state index contributed by atoms with van der Waals surface area (Å²) in [6.45, 7) is 4.52. The second-order valence-corrected chi connectivity index (χ2v) is 5.44. The van der Waals surface area contributed by atoms with Gasteiger partial charge in [0.15, 0.2) is 0 Å². The average molecular weight is 292 g/mol. The van der Waals surface area contributed by atoms with Gasteiger partial charge in [0.1, 0.15) is 5.15 Å². The van der Waals surface area contributed by atoms with Crippen LogP contribution >= 0.6 is 11.6 Å². The Morgan fingerprint density at radius 1 is 1.45 bits per heavy atom. The zero-order valence-electron chi connectivity index (χ0n) is 11.9. The normalized spacial score (nSPS) is 10.8. The van der Waals surface area contributed by atoms with Crippen molar-refractivity contribution in [2.45, 2.75) is 26.3 Å². The van der Waals surface area contributed by atoms with Crippen molar-refractivity contribution in [3.63, 3.8) is 0 Å². The van der Waals surface area contributed by atoms with Crippen molar-refractivity contribution in [1.82, 2.24) is 14.9 Å². The molecule has 0 aliphatic heterocycles. The zero-order chi connectivity index (χ0) is 14.7. The standard InChI is InChI=1S/C15H18ClN3O/c1-10(2)13-7-11(8-14(16)18-13)15(20)17-9-12-5-4-6-19(12)3/h4-8,10H,9H2,1-3H3,(H,17,20). The number of halogens is 1. The van der Waals surface area contributed by atoms with Crippen LogP contribution in [0.5, 0.6) is 0 Å². The molecule has 2 rings (SSSR count). The van der Waals surface area contributed by atoms with Crippen molar-refractivity contribution in [2.75, 3.05) is 0 Å². The quantitative estimate of drug-likeness (QED) is 0.880. The third-order valence-electron chi connectivity index (χ3n) is 3.15. The van der Waals surface area contributed by atoms with Gasteiger partial charge in [-0.25, -0.2) is 4.98 Å². The van der Waals surface area contributed by atoms with E-state index in [1.165, 1.54) is 0 Å². The van der Waals surface area contributed by atoms with Gasteiger partial charge < -0.3 is 9.88 Å². The molecule has 1 amide bonds. The molecule has 0 atom stereocenters. The zero-order valence-corrected chi connectivity index (χ0v) is 12.6. The highest BCUT2D eigenvalue weighted by atomic mass is 35.5. The predicted octanol–water partition coefficient (Wildman–Crippen LogP) is 3.13. The lowest BCUT2D eigenvalue weighted by Crippen LogP contribution is -2.24. The molecule has 0 spiro atoms. The molecule has 0 aromatic carbocycles. The molecular formula is C15H18ClN3O. The lowest BCUT2D eigenvalue weighted by atomic mass is 10.1. The molecule has 2 aromatic rings. The number of aryl methyl sites for hydroxylation is 1. The molecule has 0 radical (unpaired) electrons. The highest BCUT2D eigenvalue weighted by Gasteiger charge is 2.11. The number of pyridine rings is 1. The summed E-state index contributed by atoms with van der Waals surface area (Å²) in [5.41, 5.74) is 2.41. The molecule has 5 heteroatoms. The Morgan fingerprint density at radius 3 is 2.80 bits per heavy atom. The van der Waals surface area contributed by atoms with E-state index < -0.39 is 0 Å². The van der Waals surface area contributed by atoms with Gasteiger partial charge in [-0.2, -0.15) is 0 Å². The van der Waals surface area contributed by atoms with Crippen molar-refractivity contribution in [1.29, 1.82) is 0 Å². The van der Waals surface area contributed by atoms with Crippen LogP contribution in [-0.4, -0.2) is 15.5 Å². The number of carbonyl (C=O) groups is 1. The van der Waals surface area contributed by atoms with Crippen LogP contribution in [0.4, 0.5) is 0 Å². The Bertz CT molecular complexity index is 619. The van der Waals surface area contributed by atoms with Gasteiger partial charge in [0.05, 0.1) is 6.54 Å². The van der Waals surface area contributed by atoms with Crippen molar-refractivity contribution >= 4 is 17.5 Å². The van der Waals surface area contributed by atoms with Crippen LogP contribution in [0.2, 0.25) is 5.15 Å². The van der Waals surface area contributed by atoms with E-state index in [1.54, 1.807) is 12.1 Å². The number of hydrogen-bond donors (Lipinski definition) is 1. The largest absolute Gasteiger partial charge is 0.353 e. The number of carbonyl (C=O) groups excluding carboxylic acids is 1. The Morgan fingerprint density at radius 2 is 2.20 bits per heavy atom. The Kier molecular flexibility index (Phi) is 4.45. The van der Waals surface area contributed by atoms with Crippen molar-refractivity contribution in [3.8, 4) is 0 Å². The Labute approximate surface area is 123 Å². The van der Waals surface area contributed by atoms with Gasteiger partial charge in [-0.3, -0.25) is 4.79 Å². The van der Waals surface area contributed by atoms with Crippen LogP contribution in [-0.2, 0) is 13.6 Å². The van der Waals surface area contributed by atoms with E-state index in [0.717, 1.165) is 11.4 Å². The summed E-state index contributed by atoms with van der Waals surface area (Å²) in [6, 6.07) is 7.30. The summed E-state index contributed by atoms with van der Waals surface area (Å²) in [6.07, 6.45) is 1.95. The molecule has 0 aliphatic rings. The maximum atomic E-state index is 12.2. The molecule has 20 heavy (non-hydrogen) atoms. The highest BCUT2D eigenvalue weighted by molar-refractivity contribution is 6.29. The lowest BCUT2D eigenvalue weighted by Gasteiger charge is -2.10. The van der Waals surface area contributed by atoms with Crippen LogP contribution in [0, 0.1) is 0 Å². The fraction of sp³-hybridized carbons (Fsp3) is 0.333. The third kappa shape index (κ3) is 3.39. The second-order valence-electron chi connectivity index (χ2n) is 5.05. The van der Waals surface area contributed by atoms with Crippen LogP contribution in [0.3, 0.4) is 0 Å². The summed E-state index contributed by atoms with van der Waals surface area (Å²) in [5.74, 6) is 0.0884. The van der Waals surface area contributed by atoms with Gasteiger partial charge >= 0.3 is 0 Å². The van der Waals surface area contributed by atoms with Gasteiger partial charge in [0.2, 0.25) is 0 Å². The van der Waals surface area contributed by atoms with E-state index in [4.69, 9.17) is 11.6 Å². The predicted molar refractivity (Wildman–Crippen MR) is 79.9 cm³/mol. The Balaban J connectivity index is 2.11. The van der Waals surface area contributed by atoms with Crippen LogP contribution in [0.1, 0.15) is 41.5 Å². The molecule has 0 bridgehead atoms. The number of amides is 1. The maximum absolute atomic E-state index is 12.2. The minimum absolute atomic E-state index is 0.141. The third-order valence-corrected chi connectivity index (χ3v) is 3.34.